The molecule has 0 aliphatic carbocycles. The van der Waals surface area contributed by atoms with Gasteiger partial charge >= 0.3 is 0 Å². The number of anilines is 1. The first-order chi connectivity index (χ1) is 16.3. The van der Waals surface area contributed by atoms with E-state index in [1.165, 1.54) is 44.7 Å². The predicted octanol–water partition coefficient (Wildman–Crippen LogP) is 4.36. The van der Waals surface area contributed by atoms with Crippen LogP contribution in [-0.4, -0.2) is 41.3 Å². The van der Waals surface area contributed by atoms with E-state index in [9.17, 15) is 13.2 Å². The predicted molar refractivity (Wildman–Crippen MR) is 133 cm³/mol. The number of benzene rings is 3. The molecule has 0 atom stereocenters. The Balaban J connectivity index is 1.91. The fraction of sp³-hybridized carbons (Fsp3) is 0.130. The maximum atomic E-state index is 13.4. The van der Waals surface area contributed by atoms with Crippen LogP contribution in [-0.2, 0) is 14.8 Å². The van der Waals surface area contributed by atoms with Crippen molar-refractivity contribution in [3.8, 4) is 11.5 Å². The maximum Gasteiger partial charge on any atom is 0.264 e. The lowest BCUT2D eigenvalue weighted by molar-refractivity contribution is -0.119. The zero-order valence-corrected chi connectivity index (χ0v) is 20.6. The molecule has 3 rings (SSSR count). The van der Waals surface area contributed by atoms with Gasteiger partial charge in [-0.25, -0.2) is 13.8 Å². The van der Waals surface area contributed by atoms with Gasteiger partial charge in [-0.05, 0) is 36.4 Å². The van der Waals surface area contributed by atoms with Crippen molar-refractivity contribution in [2.24, 2.45) is 5.10 Å². The molecule has 3 aromatic rings. The number of rotatable bonds is 9. The van der Waals surface area contributed by atoms with E-state index in [2.05, 4.69) is 10.5 Å². The van der Waals surface area contributed by atoms with Crippen LogP contribution in [0.1, 0.15) is 5.56 Å². The minimum Gasteiger partial charge on any atom is -0.493 e. The number of carbonyl (C=O) groups is 1. The molecule has 34 heavy (non-hydrogen) atoms. The van der Waals surface area contributed by atoms with Crippen molar-refractivity contribution in [3.63, 3.8) is 0 Å². The lowest BCUT2D eigenvalue weighted by atomic mass is 10.2. The zero-order chi connectivity index (χ0) is 24.7. The Kier molecular flexibility index (Phi) is 8.38. The second-order valence-electron chi connectivity index (χ2n) is 6.79. The first kappa shape index (κ1) is 25.4. The molecule has 0 heterocycles. The molecule has 11 heteroatoms. The highest BCUT2D eigenvalue weighted by Gasteiger charge is 2.28. The van der Waals surface area contributed by atoms with E-state index < -0.39 is 22.5 Å². The summed E-state index contributed by atoms with van der Waals surface area (Å²) in [6.45, 7) is -0.555. The SMILES string of the molecule is COc1ccc(N(CC(=O)N/N=C\c2c(Cl)cccc2Cl)S(=O)(=O)c2ccccc2)cc1OC. The highest BCUT2D eigenvalue weighted by atomic mass is 35.5. The lowest BCUT2D eigenvalue weighted by Gasteiger charge is -2.24. The minimum atomic E-state index is -4.10. The first-order valence-corrected chi connectivity index (χ1v) is 12.0. The second-order valence-corrected chi connectivity index (χ2v) is 9.47. The monoisotopic (exact) mass is 521 g/mol. The van der Waals surface area contributed by atoms with E-state index in [1.54, 1.807) is 42.5 Å². The summed E-state index contributed by atoms with van der Waals surface area (Å²) < 4.78 is 38.3. The molecular formula is C23H21Cl2N3O5S. The molecule has 8 nitrogen and oxygen atoms in total. The Hall–Kier alpha value is -3.27. The van der Waals surface area contributed by atoms with Crippen LogP contribution < -0.4 is 19.2 Å². The Morgan fingerprint density at radius 1 is 0.971 bits per heavy atom. The van der Waals surface area contributed by atoms with Crippen LogP contribution in [0.25, 0.3) is 0 Å². The van der Waals surface area contributed by atoms with Crippen molar-refractivity contribution in [3.05, 3.63) is 82.3 Å². The van der Waals surface area contributed by atoms with E-state index in [0.29, 0.717) is 27.1 Å². The van der Waals surface area contributed by atoms with Crippen LogP contribution in [0.3, 0.4) is 0 Å². The van der Waals surface area contributed by atoms with Gasteiger partial charge in [-0.2, -0.15) is 5.10 Å². The number of hydrogen-bond acceptors (Lipinski definition) is 6. The summed E-state index contributed by atoms with van der Waals surface area (Å²) in [5.41, 5.74) is 2.93. The lowest BCUT2D eigenvalue weighted by Crippen LogP contribution is -2.39. The highest BCUT2D eigenvalue weighted by molar-refractivity contribution is 7.92. The van der Waals surface area contributed by atoms with Crippen LogP contribution in [0.15, 0.2) is 76.7 Å². The second kappa shape index (κ2) is 11.2. The summed E-state index contributed by atoms with van der Waals surface area (Å²) in [5.74, 6) is 0.0303. The molecular weight excluding hydrogens is 501 g/mol. The van der Waals surface area contributed by atoms with Gasteiger partial charge in [-0.3, -0.25) is 9.10 Å². The van der Waals surface area contributed by atoms with Gasteiger partial charge in [0, 0.05) is 11.6 Å². The molecule has 0 unspecified atom stereocenters. The van der Waals surface area contributed by atoms with Crippen LogP contribution >= 0.6 is 23.2 Å². The molecule has 0 aromatic heterocycles. The molecule has 0 saturated carbocycles. The average Bonchev–Trinajstić information content (AvgIpc) is 2.84. The Morgan fingerprint density at radius 2 is 1.62 bits per heavy atom. The number of nitrogens with zero attached hydrogens (tertiary/aromatic N) is 2. The molecule has 0 saturated heterocycles. The van der Waals surface area contributed by atoms with E-state index >= 15 is 0 Å². The third-order valence-corrected chi connectivity index (χ3v) is 7.10. The molecule has 0 aliphatic heterocycles. The summed E-state index contributed by atoms with van der Waals surface area (Å²) in [7, 11) is -1.21. The first-order valence-electron chi connectivity index (χ1n) is 9.83. The van der Waals surface area contributed by atoms with E-state index in [4.69, 9.17) is 32.7 Å². The Bertz CT molecular complexity index is 1280. The molecule has 0 spiro atoms. The topological polar surface area (TPSA) is 97.3 Å². The van der Waals surface area contributed by atoms with Gasteiger partial charge < -0.3 is 9.47 Å². The van der Waals surface area contributed by atoms with Gasteiger partial charge in [0.05, 0.1) is 41.1 Å². The summed E-state index contributed by atoms with van der Waals surface area (Å²) in [6, 6.07) is 17.2. The number of methoxy groups -OCH3 is 2. The van der Waals surface area contributed by atoms with Crippen LogP contribution in [0.5, 0.6) is 11.5 Å². The molecule has 1 N–H and O–H groups in total. The number of ether oxygens (including phenoxy) is 2. The number of halogens is 2. The standard InChI is InChI=1S/C23H21Cl2N3O5S/c1-32-21-12-11-16(13-22(21)33-2)28(34(30,31)17-7-4-3-5-8-17)15-23(29)27-26-14-18-19(24)9-6-10-20(18)25/h3-14H,15H2,1-2H3,(H,27,29)/b26-14-. The third kappa shape index (κ3) is 5.80. The summed E-state index contributed by atoms with van der Waals surface area (Å²) in [4.78, 5) is 12.7. The highest BCUT2D eigenvalue weighted by Crippen LogP contribution is 2.33. The van der Waals surface area contributed by atoms with E-state index in [-0.39, 0.29) is 10.6 Å². The molecule has 0 fully saturated rings. The largest absolute Gasteiger partial charge is 0.493 e. The normalized spacial score (nSPS) is 11.3. The van der Waals surface area contributed by atoms with Crippen LogP contribution in [0, 0.1) is 0 Å². The van der Waals surface area contributed by atoms with E-state index in [0.717, 1.165) is 4.31 Å². The molecule has 3 aromatic carbocycles. The van der Waals surface area contributed by atoms with Gasteiger partial charge in [0.1, 0.15) is 6.54 Å². The Labute approximate surface area is 207 Å². The molecule has 0 aliphatic rings. The quantitative estimate of drug-likeness (QED) is 0.333. The Morgan fingerprint density at radius 3 is 2.24 bits per heavy atom. The average molecular weight is 522 g/mol. The number of sulfonamides is 1. The van der Waals surface area contributed by atoms with Crippen molar-refractivity contribution in [1.82, 2.24) is 5.43 Å². The summed E-state index contributed by atoms with van der Waals surface area (Å²) in [6.07, 6.45) is 1.29. The number of hydrazone groups is 1. The molecule has 0 radical (unpaired) electrons. The molecule has 0 bridgehead atoms. The third-order valence-electron chi connectivity index (χ3n) is 4.66. The molecule has 178 valence electrons. The van der Waals surface area contributed by atoms with Crippen LogP contribution in [0.4, 0.5) is 5.69 Å². The number of hydrogen-bond donors (Lipinski definition) is 1. The van der Waals surface area contributed by atoms with Crippen molar-refractivity contribution >= 4 is 51.0 Å². The number of amides is 1. The molecule has 1 amide bonds. The summed E-state index contributed by atoms with van der Waals surface area (Å²) >= 11 is 12.2. The minimum absolute atomic E-state index is 0.0175. The smallest absolute Gasteiger partial charge is 0.264 e. The van der Waals surface area contributed by atoms with Crippen molar-refractivity contribution in [2.75, 3.05) is 25.1 Å². The van der Waals surface area contributed by atoms with Gasteiger partial charge in [0.2, 0.25) is 0 Å². The maximum absolute atomic E-state index is 13.4. The number of nitrogens with one attached hydrogen (secondary N) is 1. The summed E-state index contributed by atoms with van der Waals surface area (Å²) in [5, 5.41) is 4.57. The van der Waals surface area contributed by atoms with E-state index in [1.807, 2.05) is 0 Å². The van der Waals surface area contributed by atoms with Gasteiger partial charge in [0.25, 0.3) is 15.9 Å². The van der Waals surface area contributed by atoms with Gasteiger partial charge in [-0.1, -0.05) is 47.5 Å². The van der Waals surface area contributed by atoms with Crippen molar-refractivity contribution in [1.29, 1.82) is 0 Å². The van der Waals surface area contributed by atoms with Crippen molar-refractivity contribution in [2.45, 2.75) is 4.90 Å². The fourth-order valence-corrected chi connectivity index (χ4v) is 4.91. The van der Waals surface area contributed by atoms with Crippen LogP contribution in [0.2, 0.25) is 10.0 Å². The van der Waals surface area contributed by atoms with Crippen molar-refractivity contribution < 1.29 is 22.7 Å². The number of carbonyl (C=O) groups excluding carboxylic acids is 1. The fourth-order valence-electron chi connectivity index (χ4n) is 2.98. The zero-order valence-electron chi connectivity index (χ0n) is 18.2. The van der Waals surface area contributed by atoms with Gasteiger partial charge in [0.15, 0.2) is 11.5 Å². The van der Waals surface area contributed by atoms with Gasteiger partial charge in [-0.15, -0.1) is 0 Å².